The van der Waals surface area contributed by atoms with Crippen LogP contribution in [0.1, 0.15) is 82.5 Å². The second-order valence-corrected chi connectivity index (χ2v) is 13.2. The highest BCUT2D eigenvalue weighted by Gasteiger charge is 2.32. The van der Waals surface area contributed by atoms with E-state index in [1.165, 1.54) is 30.7 Å². The van der Waals surface area contributed by atoms with E-state index in [0.717, 1.165) is 44.9 Å². The van der Waals surface area contributed by atoms with Gasteiger partial charge in [-0.3, -0.25) is 9.59 Å². The van der Waals surface area contributed by atoms with Gasteiger partial charge in [0.05, 0.1) is 30.4 Å². The number of rotatable bonds is 7. The van der Waals surface area contributed by atoms with Gasteiger partial charge in [0.15, 0.2) is 0 Å². The molecule has 10 nitrogen and oxygen atoms in total. The van der Waals surface area contributed by atoms with Gasteiger partial charge >= 0.3 is 6.03 Å². The molecule has 11 heteroatoms. The lowest BCUT2D eigenvalue weighted by atomic mass is 9.88. The standard InChI is InChI=1S/C36H51FN4O6/c1-24-21-41(25(2)23-42)35(44)31-20-30(39-36(45)38-29-15-13-28(37)14-16-29)17-18-32(31)47-26(3)10-8-9-19-46-33(24)22-40(4)34(43)27-11-6-5-7-12-27/h13-18,20,24-27,33,42H,5-12,19,21-23H2,1-4H3,(H2,38,39,45)/t24-,25-,26-,33+/m1/s1. The molecule has 0 aromatic heterocycles. The van der Waals surface area contributed by atoms with Gasteiger partial charge in [-0.15, -0.1) is 0 Å². The average Bonchev–Trinajstić information content (AvgIpc) is 3.07. The maximum Gasteiger partial charge on any atom is 0.323 e. The minimum absolute atomic E-state index is 0.0496. The molecule has 0 bridgehead atoms. The zero-order chi connectivity index (χ0) is 33.9. The van der Waals surface area contributed by atoms with Crippen LogP contribution in [0, 0.1) is 17.7 Å². The molecule has 0 radical (unpaired) electrons. The maximum absolute atomic E-state index is 14.3. The van der Waals surface area contributed by atoms with Crippen LogP contribution in [0.25, 0.3) is 0 Å². The summed E-state index contributed by atoms with van der Waals surface area (Å²) in [5, 5.41) is 15.6. The van der Waals surface area contributed by atoms with Gasteiger partial charge in [0.2, 0.25) is 5.91 Å². The van der Waals surface area contributed by atoms with E-state index in [1.54, 1.807) is 34.9 Å². The van der Waals surface area contributed by atoms with Crippen molar-refractivity contribution in [2.75, 3.05) is 44.0 Å². The van der Waals surface area contributed by atoms with E-state index >= 15 is 0 Å². The molecule has 1 aliphatic carbocycles. The Bertz CT molecular complexity index is 1340. The fourth-order valence-corrected chi connectivity index (χ4v) is 6.31. The molecule has 2 aromatic carbocycles. The molecule has 47 heavy (non-hydrogen) atoms. The summed E-state index contributed by atoms with van der Waals surface area (Å²) in [5.74, 6) is -0.344. The zero-order valence-electron chi connectivity index (χ0n) is 28.2. The molecule has 1 aliphatic heterocycles. The van der Waals surface area contributed by atoms with E-state index in [9.17, 15) is 23.9 Å². The van der Waals surface area contributed by atoms with Gasteiger partial charge in [0, 0.05) is 50.0 Å². The summed E-state index contributed by atoms with van der Waals surface area (Å²) in [4.78, 5) is 43.8. The van der Waals surface area contributed by atoms with Crippen molar-refractivity contribution in [3.8, 4) is 5.75 Å². The molecule has 0 saturated heterocycles. The largest absolute Gasteiger partial charge is 0.490 e. The molecule has 4 rings (SSSR count). The predicted molar refractivity (Wildman–Crippen MR) is 180 cm³/mol. The number of benzene rings is 2. The van der Waals surface area contributed by atoms with Gasteiger partial charge in [-0.1, -0.05) is 26.2 Å². The van der Waals surface area contributed by atoms with Crippen LogP contribution in [0.2, 0.25) is 0 Å². The lowest BCUT2D eigenvalue weighted by molar-refractivity contribution is -0.137. The summed E-state index contributed by atoms with van der Waals surface area (Å²) in [6, 6.07) is 9.23. The number of fused-ring (bicyclic) bond motifs is 1. The monoisotopic (exact) mass is 654 g/mol. The first-order chi connectivity index (χ1) is 22.5. The highest BCUT2D eigenvalue weighted by atomic mass is 19.1. The van der Waals surface area contributed by atoms with Crippen molar-refractivity contribution in [2.24, 2.45) is 11.8 Å². The number of halogens is 1. The SMILES string of the molecule is C[C@@H]1CCCCO[C@@H](CN(C)C(=O)C2CCCCC2)[C@H](C)CN([C@H](C)CO)C(=O)c2cc(NC(=O)Nc3ccc(F)cc3)ccc2O1. The molecule has 3 N–H and O–H groups in total. The number of amides is 4. The topological polar surface area (TPSA) is 120 Å². The third-order valence-corrected chi connectivity index (χ3v) is 9.20. The summed E-state index contributed by atoms with van der Waals surface area (Å²) in [6.45, 7) is 6.71. The first kappa shape index (κ1) is 36.1. The van der Waals surface area contributed by atoms with Gasteiger partial charge in [-0.05, 0) is 88.4 Å². The highest BCUT2D eigenvalue weighted by Crippen LogP contribution is 2.29. The predicted octanol–water partition coefficient (Wildman–Crippen LogP) is 6.30. The number of anilines is 2. The fraction of sp³-hybridized carbons (Fsp3) is 0.583. The first-order valence-corrected chi connectivity index (χ1v) is 17.0. The van der Waals surface area contributed by atoms with Crippen LogP contribution >= 0.6 is 0 Å². The van der Waals surface area contributed by atoms with Crippen LogP contribution in [0.15, 0.2) is 42.5 Å². The number of nitrogens with zero attached hydrogens (tertiary/aromatic N) is 2. The fourth-order valence-electron chi connectivity index (χ4n) is 6.31. The summed E-state index contributed by atoms with van der Waals surface area (Å²) in [7, 11) is 1.84. The van der Waals surface area contributed by atoms with Gasteiger partial charge in [0.1, 0.15) is 11.6 Å². The molecular formula is C36H51FN4O6. The summed E-state index contributed by atoms with van der Waals surface area (Å²) < 4.78 is 26.0. The first-order valence-electron chi connectivity index (χ1n) is 17.0. The van der Waals surface area contributed by atoms with Crippen molar-refractivity contribution in [2.45, 2.75) is 90.4 Å². The Morgan fingerprint density at radius 2 is 1.66 bits per heavy atom. The smallest absolute Gasteiger partial charge is 0.323 e. The molecule has 4 amide bonds. The molecular weight excluding hydrogens is 603 g/mol. The Labute approximate surface area is 278 Å². The Morgan fingerprint density at radius 1 is 1.00 bits per heavy atom. The molecule has 2 aliphatic rings. The van der Waals surface area contributed by atoms with E-state index < -0.39 is 17.9 Å². The van der Waals surface area contributed by atoms with E-state index in [0.29, 0.717) is 30.3 Å². The van der Waals surface area contributed by atoms with Gasteiger partial charge in [-0.25, -0.2) is 9.18 Å². The zero-order valence-corrected chi connectivity index (χ0v) is 28.2. The van der Waals surface area contributed by atoms with Crippen LogP contribution in [0.3, 0.4) is 0 Å². The summed E-state index contributed by atoms with van der Waals surface area (Å²) in [5.41, 5.74) is 1.03. The van der Waals surface area contributed by atoms with E-state index in [1.807, 2.05) is 20.9 Å². The lowest BCUT2D eigenvalue weighted by Gasteiger charge is -2.36. The second-order valence-electron chi connectivity index (χ2n) is 13.2. The number of carbonyl (C=O) groups excluding carboxylic acids is 3. The number of hydrogen-bond donors (Lipinski definition) is 3. The summed E-state index contributed by atoms with van der Waals surface area (Å²) in [6.07, 6.45) is 7.11. The number of nitrogens with one attached hydrogen (secondary N) is 2. The van der Waals surface area contributed by atoms with Crippen molar-refractivity contribution < 1.29 is 33.4 Å². The minimum Gasteiger partial charge on any atom is -0.490 e. The number of aliphatic hydroxyl groups excluding tert-OH is 1. The maximum atomic E-state index is 14.3. The van der Waals surface area contributed by atoms with E-state index in [-0.39, 0.29) is 54.6 Å². The van der Waals surface area contributed by atoms with Crippen LogP contribution in [0.5, 0.6) is 5.75 Å². The highest BCUT2D eigenvalue weighted by molar-refractivity contribution is 6.02. The number of ether oxygens (including phenoxy) is 2. The van der Waals surface area contributed by atoms with Crippen molar-refractivity contribution in [3.05, 3.63) is 53.8 Å². The van der Waals surface area contributed by atoms with Crippen molar-refractivity contribution in [1.29, 1.82) is 0 Å². The number of aliphatic hydroxyl groups is 1. The lowest BCUT2D eigenvalue weighted by Crippen LogP contribution is -2.48. The average molecular weight is 655 g/mol. The van der Waals surface area contributed by atoms with Crippen LogP contribution in [-0.4, -0.2) is 84.4 Å². The molecule has 1 saturated carbocycles. The molecule has 0 unspecified atom stereocenters. The van der Waals surface area contributed by atoms with Crippen LogP contribution in [0.4, 0.5) is 20.6 Å². The number of urea groups is 1. The van der Waals surface area contributed by atoms with Gasteiger partial charge in [-0.2, -0.15) is 0 Å². The molecule has 4 atom stereocenters. The van der Waals surface area contributed by atoms with E-state index in [4.69, 9.17) is 9.47 Å². The van der Waals surface area contributed by atoms with Crippen LogP contribution < -0.4 is 15.4 Å². The molecule has 2 aromatic rings. The Hall–Kier alpha value is -3.70. The molecule has 0 spiro atoms. The van der Waals surface area contributed by atoms with Crippen molar-refractivity contribution >= 4 is 29.2 Å². The van der Waals surface area contributed by atoms with Crippen molar-refractivity contribution in [3.63, 3.8) is 0 Å². The number of carbonyl (C=O) groups is 3. The molecule has 1 heterocycles. The van der Waals surface area contributed by atoms with Crippen LogP contribution in [-0.2, 0) is 9.53 Å². The number of likely N-dealkylation sites (N-methyl/N-ethyl adjacent to an activating group) is 1. The van der Waals surface area contributed by atoms with Crippen molar-refractivity contribution in [1.82, 2.24) is 9.80 Å². The van der Waals surface area contributed by atoms with E-state index in [2.05, 4.69) is 10.6 Å². The van der Waals surface area contributed by atoms with Gasteiger partial charge in [0.25, 0.3) is 5.91 Å². The Morgan fingerprint density at radius 3 is 2.36 bits per heavy atom. The molecule has 258 valence electrons. The van der Waals surface area contributed by atoms with Gasteiger partial charge < -0.3 is 35.0 Å². The molecule has 1 fully saturated rings. The quantitative estimate of drug-likeness (QED) is 0.322. The third-order valence-electron chi connectivity index (χ3n) is 9.20. The number of hydrogen-bond acceptors (Lipinski definition) is 6. The minimum atomic E-state index is -0.555. The third kappa shape index (κ3) is 10.4. The second kappa shape index (κ2) is 17.5. The Balaban J connectivity index is 1.58. The Kier molecular flexibility index (Phi) is 13.4. The normalized spacial score (nSPS) is 22.3. The summed E-state index contributed by atoms with van der Waals surface area (Å²) >= 11 is 0.